The van der Waals surface area contributed by atoms with Crippen molar-refractivity contribution >= 4 is 17.5 Å². The van der Waals surface area contributed by atoms with Crippen molar-refractivity contribution in [3.8, 4) is 0 Å². The Hall–Kier alpha value is -1.91. The molecule has 0 bridgehead atoms. The van der Waals surface area contributed by atoms with E-state index in [1.807, 2.05) is 43.0 Å². The number of anilines is 2. The molecule has 0 atom stereocenters. The van der Waals surface area contributed by atoms with Gasteiger partial charge in [-0.2, -0.15) is 0 Å². The molecule has 1 saturated heterocycles. The molecule has 0 saturated carbocycles. The van der Waals surface area contributed by atoms with E-state index in [0.29, 0.717) is 19.0 Å². The lowest BCUT2D eigenvalue weighted by Gasteiger charge is -2.37. The topological polar surface area (TPSA) is 58.8 Å². The summed E-state index contributed by atoms with van der Waals surface area (Å²) < 4.78 is 5.74. The molecule has 0 radical (unpaired) electrons. The predicted molar refractivity (Wildman–Crippen MR) is 99.3 cm³/mol. The summed E-state index contributed by atoms with van der Waals surface area (Å²) in [6.45, 7) is 11.4. The monoisotopic (exact) mass is 333 g/mol. The van der Waals surface area contributed by atoms with Gasteiger partial charge in [0, 0.05) is 37.6 Å². The van der Waals surface area contributed by atoms with Crippen LogP contribution in [-0.2, 0) is 4.74 Å². The molecule has 2 N–H and O–H groups in total. The molecule has 1 fully saturated rings. The van der Waals surface area contributed by atoms with E-state index in [0.717, 1.165) is 37.3 Å². The molecule has 1 aromatic carbocycles. The number of nitrogens with zero attached hydrogens (tertiary/aromatic N) is 2. The Bertz CT molecular complexity index is 532. The Kier molecular flexibility index (Phi) is 5.97. The number of carbonyl (C=O) groups excluding carboxylic acids is 1. The predicted octanol–water partition coefficient (Wildman–Crippen LogP) is 3.74. The van der Waals surface area contributed by atoms with Gasteiger partial charge in [0.05, 0.1) is 0 Å². The number of amides is 1. The van der Waals surface area contributed by atoms with Gasteiger partial charge in [-0.25, -0.2) is 4.79 Å². The Morgan fingerprint density at radius 2 is 1.75 bits per heavy atom. The van der Waals surface area contributed by atoms with Crippen LogP contribution in [0.5, 0.6) is 0 Å². The first-order valence-corrected chi connectivity index (χ1v) is 8.85. The average Bonchev–Trinajstić information content (AvgIpc) is 2.53. The second-order valence-electron chi connectivity index (χ2n) is 7.63. The summed E-state index contributed by atoms with van der Waals surface area (Å²) in [4.78, 5) is 16.5. The number of nitrogens with two attached hydrogens (primary N) is 1. The molecule has 0 unspecified atom stereocenters. The molecule has 0 spiro atoms. The standard InChI is InChI=1S/C19H31N3O2/c1-15(2)9-10-19(3,4)24-18(23)22-13-11-21(12-14-22)17-7-5-16(20)6-8-17/h5-8,15H,9-14,20H2,1-4H3. The smallest absolute Gasteiger partial charge is 0.410 e. The zero-order valence-electron chi connectivity index (χ0n) is 15.4. The zero-order valence-corrected chi connectivity index (χ0v) is 15.4. The number of hydrogen-bond donors (Lipinski definition) is 1. The molecule has 2 rings (SSSR count). The number of hydrogen-bond acceptors (Lipinski definition) is 4. The molecule has 5 heteroatoms. The summed E-state index contributed by atoms with van der Waals surface area (Å²) in [6.07, 6.45) is 1.76. The molecule has 5 nitrogen and oxygen atoms in total. The second kappa shape index (κ2) is 7.77. The van der Waals surface area contributed by atoms with Gasteiger partial charge in [0.2, 0.25) is 0 Å². The highest BCUT2D eigenvalue weighted by Gasteiger charge is 2.28. The maximum absolute atomic E-state index is 12.4. The molecule has 24 heavy (non-hydrogen) atoms. The van der Waals surface area contributed by atoms with Crippen molar-refractivity contribution in [1.29, 1.82) is 0 Å². The Morgan fingerprint density at radius 3 is 2.29 bits per heavy atom. The molecule has 134 valence electrons. The first-order valence-electron chi connectivity index (χ1n) is 8.85. The normalized spacial score (nSPS) is 15.7. The molecule has 1 aromatic rings. The molecule has 1 amide bonds. The molecule has 0 aliphatic carbocycles. The SMILES string of the molecule is CC(C)CCC(C)(C)OC(=O)N1CCN(c2ccc(N)cc2)CC1. The van der Waals surface area contributed by atoms with Gasteiger partial charge in [-0.15, -0.1) is 0 Å². The van der Waals surface area contributed by atoms with Crippen molar-refractivity contribution in [2.45, 2.75) is 46.1 Å². The van der Waals surface area contributed by atoms with E-state index in [1.54, 1.807) is 0 Å². The number of ether oxygens (including phenoxy) is 1. The summed E-state index contributed by atoms with van der Waals surface area (Å²) in [5.74, 6) is 0.617. The van der Waals surface area contributed by atoms with Gasteiger partial charge in [-0.05, 0) is 56.9 Å². The second-order valence-corrected chi connectivity index (χ2v) is 7.63. The Morgan fingerprint density at radius 1 is 1.17 bits per heavy atom. The molecule has 1 aliphatic rings. The van der Waals surface area contributed by atoms with Crippen LogP contribution in [0.25, 0.3) is 0 Å². The van der Waals surface area contributed by atoms with E-state index in [9.17, 15) is 4.79 Å². The first-order chi connectivity index (χ1) is 11.3. The van der Waals surface area contributed by atoms with Crippen LogP contribution in [0.2, 0.25) is 0 Å². The van der Waals surface area contributed by atoms with E-state index >= 15 is 0 Å². The van der Waals surface area contributed by atoms with Crippen LogP contribution in [-0.4, -0.2) is 42.8 Å². The fourth-order valence-corrected chi connectivity index (χ4v) is 2.82. The van der Waals surface area contributed by atoms with E-state index in [1.165, 1.54) is 0 Å². The van der Waals surface area contributed by atoms with Crippen LogP contribution in [0.15, 0.2) is 24.3 Å². The molecular formula is C19H31N3O2. The lowest BCUT2D eigenvalue weighted by Crippen LogP contribution is -2.50. The van der Waals surface area contributed by atoms with Crippen LogP contribution in [0, 0.1) is 5.92 Å². The molecule has 1 aliphatic heterocycles. The number of carbonyl (C=O) groups is 1. The highest BCUT2D eigenvalue weighted by molar-refractivity contribution is 5.68. The van der Waals surface area contributed by atoms with Crippen LogP contribution in [0.4, 0.5) is 16.2 Å². The van der Waals surface area contributed by atoms with Crippen molar-refractivity contribution in [1.82, 2.24) is 4.90 Å². The summed E-state index contributed by atoms with van der Waals surface area (Å²) in [5, 5.41) is 0. The summed E-state index contributed by atoms with van der Waals surface area (Å²) in [7, 11) is 0. The van der Waals surface area contributed by atoms with Gasteiger partial charge in [-0.1, -0.05) is 13.8 Å². The summed E-state index contributed by atoms with van der Waals surface area (Å²) >= 11 is 0. The number of benzene rings is 1. The summed E-state index contributed by atoms with van der Waals surface area (Å²) in [6, 6.07) is 7.87. The van der Waals surface area contributed by atoms with Crippen LogP contribution < -0.4 is 10.6 Å². The van der Waals surface area contributed by atoms with Crippen molar-refractivity contribution in [3.05, 3.63) is 24.3 Å². The van der Waals surface area contributed by atoms with E-state index < -0.39 is 5.60 Å². The van der Waals surface area contributed by atoms with Crippen LogP contribution in [0.1, 0.15) is 40.5 Å². The fourth-order valence-electron chi connectivity index (χ4n) is 2.82. The van der Waals surface area contributed by atoms with Crippen molar-refractivity contribution < 1.29 is 9.53 Å². The third-order valence-electron chi connectivity index (χ3n) is 4.48. The van der Waals surface area contributed by atoms with Gasteiger partial charge >= 0.3 is 6.09 Å². The maximum Gasteiger partial charge on any atom is 0.410 e. The third kappa shape index (κ3) is 5.32. The molecular weight excluding hydrogens is 302 g/mol. The Balaban J connectivity index is 1.83. The number of piperazine rings is 1. The molecule has 1 heterocycles. The maximum atomic E-state index is 12.4. The van der Waals surface area contributed by atoms with E-state index in [-0.39, 0.29) is 6.09 Å². The summed E-state index contributed by atoms with van der Waals surface area (Å²) in [5.41, 5.74) is 7.24. The highest BCUT2D eigenvalue weighted by atomic mass is 16.6. The van der Waals surface area contributed by atoms with Crippen molar-refractivity contribution in [2.24, 2.45) is 5.92 Å². The van der Waals surface area contributed by atoms with E-state index in [4.69, 9.17) is 10.5 Å². The van der Waals surface area contributed by atoms with Crippen molar-refractivity contribution in [2.75, 3.05) is 36.8 Å². The van der Waals surface area contributed by atoms with Gasteiger partial charge < -0.3 is 20.3 Å². The number of rotatable bonds is 5. The fraction of sp³-hybridized carbons (Fsp3) is 0.632. The van der Waals surface area contributed by atoms with Crippen molar-refractivity contribution in [3.63, 3.8) is 0 Å². The minimum atomic E-state index is -0.407. The lowest BCUT2D eigenvalue weighted by atomic mass is 9.97. The van der Waals surface area contributed by atoms with Crippen LogP contribution >= 0.6 is 0 Å². The minimum absolute atomic E-state index is 0.194. The quantitative estimate of drug-likeness (QED) is 0.834. The average molecular weight is 333 g/mol. The largest absolute Gasteiger partial charge is 0.443 e. The van der Waals surface area contributed by atoms with E-state index in [2.05, 4.69) is 18.7 Å². The lowest BCUT2D eigenvalue weighted by molar-refractivity contribution is 0.00481. The van der Waals surface area contributed by atoms with Gasteiger partial charge in [-0.3, -0.25) is 0 Å². The van der Waals surface area contributed by atoms with Crippen LogP contribution in [0.3, 0.4) is 0 Å². The highest BCUT2D eigenvalue weighted by Crippen LogP contribution is 2.22. The van der Waals surface area contributed by atoms with Gasteiger partial charge in [0.15, 0.2) is 0 Å². The van der Waals surface area contributed by atoms with Gasteiger partial charge in [0.25, 0.3) is 0 Å². The number of nitrogen functional groups attached to an aromatic ring is 1. The minimum Gasteiger partial charge on any atom is -0.443 e. The first kappa shape index (κ1) is 18.4. The molecule has 0 aromatic heterocycles. The zero-order chi connectivity index (χ0) is 17.7. The van der Waals surface area contributed by atoms with Gasteiger partial charge in [0.1, 0.15) is 5.60 Å². The third-order valence-corrected chi connectivity index (χ3v) is 4.48. The Labute approximate surface area is 145 Å².